The summed E-state index contributed by atoms with van der Waals surface area (Å²) in [6, 6.07) is 2.87. The molecule has 1 saturated heterocycles. The third kappa shape index (κ3) is 2.24. The molecule has 92 valence electrons. The molecule has 0 saturated carbocycles. The highest BCUT2D eigenvalue weighted by molar-refractivity contribution is 5.94. The van der Waals surface area contributed by atoms with E-state index < -0.39 is 0 Å². The molecule has 1 fully saturated rings. The molecule has 2 heterocycles. The number of aryl methyl sites for hydroxylation is 1. The van der Waals surface area contributed by atoms with Crippen LogP contribution in [-0.4, -0.2) is 39.7 Å². The Hall–Kier alpha value is -1.62. The summed E-state index contributed by atoms with van der Waals surface area (Å²) in [5, 5.41) is 9.17. The van der Waals surface area contributed by atoms with E-state index >= 15 is 0 Å². The molecule has 1 aliphatic heterocycles. The summed E-state index contributed by atoms with van der Waals surface area (Å²) >= 11 is 0. The van der Waals surface area contributed by atoms with Gasteiger partial charge >= 0.3 is 0 Å². The van der Waals surface area contributed by atoms with E-state index in [-0.39, 0.29) is 24.1 Å². The molecule has 0 aliphatic carbocycles. The third-order valence-electron chi connectivity index (χ3n) is 3.20. The van der Waals surface area contributed by atoms with Gasteiger partial charge in [-0.2, -0.15) is 0 Å². The number of aromatic nitrogens is 1. The fourth-order valence-corrected chi connectivity index (χ4v) is 2.14. The molecular weight excluding hydrogens is 220 g/mol. The van der Waals surface area contributed by atoms with Crippen LogP contribution in [0.1, 0.15) is 23.2 Å². The smallest absolute Gasteiger partial charge is 0.254 e. The fraction of sp³-hybridized carbons (Fsp3) is 0.500. The van der Waals surface area contributed by atoms with Crippen LogP contribution in [0.4, 0.5) is 0 Å². The van der Waals surface area contributed by atoms with E-state index in [0.29, 0.717) is 12.1 Å². The van der Waals surface area contributed by atoms with E-state index in [2.05, 4.69) is 0 Å². The van der Waals surface area contributed by atoms with Crippen LogP contribution in [-0.2, 0) is 7.05 Å². The lowest BCUT2D eigenvalue weighted by atomic mass is 10.2. The van der Waals surface area contributed by atoms with Crippen LogP contribution in [0.3, 0.4) is 0 Å². The topological polar surface area (TPSA) is 62.5 Å². The lowest BCUT2D eigenvalue weighted by molar-refractivity contribution is 0.0677. The summed E-state index contributed by atoms with van der Waals surface area (Å²) in [5.74, 6) is -0.167. The summed E-state index contributed by atoms with van der Waals surface area (Å²) in [5.41, 5.74) is 0.198. The minimum Gasteiger partial charge on any atom is -0.394 e. The summed E-state index contributed by atoms with van der Waals surface area (Å²) < 4.78 is 1.42. The number of nitrogens with zero attached hydrogens (tertiary/aromatic N) is 2. The van der Waals surface area contributed by atoms with Gasteiger partial charge in [-0.1, -0.05) is 0 Å². The maximum Gasteiger partial charge on any atom is 0.254 e. The molecule has 2 rings (SSSR count). The number of hydrogen-bond acceptors (Lipinski definition) is 3. The van der Waals surface area contributed by atoms with Gasteiger partial charge in [-0.3, -0.25) is 9.59 Å². The highest BCUT2D eigenvalue weighted by Crippen LogP contribution is 2.19. The first kappa shape index (κ1) is 11.9. The Labute approximate surface area is 99.3 Å². The van der Waals surface area contributed by atoms with Crippen molar-refractivity contribution in [3.8, 4) is 0 Å². The third-order valence-corrected chi connectivity index (χ3v) is 3.20. The average Bonchev–Trinajstić information content (AvgIpc) is 2.80. The van der Waals surface area contributed by atoms with Crippen LogP contribution >= 0.6 is 0 Å². The Balaban J connectivity index is 2.24. The van der Waals surface area contributed by atoms with Gasteiger partial charge in [-0.05, 0) is 18.9 Å². The molecule has 1 amide bonds. The quantitative estimate of drug-likeness (QED) is 0.785. The second-order valence-corrected chi connectivity index (χ2v) is 4.34. The highest BCUT2D eigenvalue weighted by Gasteiger charge is 2.28. The van der Waals surface area contributed by atoms with Gasteiger partial charge in [0.25, 0.3) is 11.5 Å². The monoisotopic (exact) mass is 236 g/mol. The van der Waals surface area contributed by atoms with Crippen molar-refractivity contribution in [2.75, 3.05) is 13.2 Å². The van der Waals surface area contributed by atoms with Gasteiger partial charge in [-0.15, -0.1) is 0 Å². The van der Waals surface area contributed by atoms with Crippen molar-refractivity contribution in [3.05, 3.63) is 34.2 Å². The summed E-state index contributed by atoms with van der Waals surface area (Å²) in [6.07, 6.45) is 3.31. The maximum atomic E-state index is 12.1. The van der Waals surface area contributed by atoms with Crippen molar-refractivity contribution in [3.63, 3.8) is 0 Å². The number of aliphatic hydroxyl groups is 1. The molecule has 0 bridgehead atoms. The van der Waals surface area contributed by atoms with Crippen molar-refractivity contribution in [2.45, 2.75) is 18.9 Å². The van der Waals surface area contributed by atoms with Gasteiger partial charge in [0.15, 0.2) is 0 Å². The fourth-order valence-electron chi connectivity index (χ4n) is 2.14. The minimum absolute atomic E-state index is 0.0173. The van der Waals surface area contributed by atoms with Crippen LogP contribution in [0.25, 0.3) is 0 Å². The first-order valence-corrected chi connectivity index (χ1v) is 5.72. The SMILES string of the molecule is Cn1ccc(C(=O)N2CCCC2CO)cc1=O. The van der Waals surface area contributed by atoms with Crippen molar-refractivity contribution in [2.24, 2.45) is 7.05 Å². The molecule has 1 unspecified atom stereocenters. The molecule has 0 aromatic carbocycles. The van der Waals surface area contributed by atoms with E-state index in [9.17, 15) is 14.7 Å². The summed E-state index contributed by atoms with van der Waals surface area (Å²) in [7, 11) is 1.64. The largest absolute Gasteiger partial charge is 0.394 e. The van der Waals surface area contributed by atoms with Crippen molar-refractivity contribution >= 4 is 5.91 Å². The van der Waals surface area contributed by atoms with Crippen molar-refractivity contribution in [1.29, 1.82) is 0 Å². The van der Waals surface area contributed by atoms with Crippen LogP contribution in [0.5, 0.6) is 0 Å². The summed E-state index contributed by atoms with van der Waals surface area (Å²) in [6.45, 7) is 0.635. The zero-order valence-electron chi connectivity index (χ0n) is 9.80. The molecule has 1 atom stereocenters. The lowest BCUT2D eigenvalue weighted by Crippen LogP contribution is -2.38. The number of hydrogen-bond donors (Lipinski definition) is 1. The van der Waals surface area contributed by atoms with Crippen molar-refractivity contribution < 1.29 is 9.90 Å². The number of aliphatic hydroxyl groups excluding tert-OH is 1. The Bertz CT molecular complexity index is 481. The molecule has 17 heavy (non-hydrogen) atoms. The zero-order valence-corrected chi connectivity index (χ0v) is 9.80. The second-order valence-electron chi connectivity index (χ2n) is 4.34. The zero-order chi connectivity index (χ0) is 12.4. The van der Waals surface area contributed by atoms with Crippen LogP contribution in [0.2, 0.25) is 0 Å². The van der Waals surface area contributed by atoms with Crippen molar-refractivity contribution in [1.82, 2.24) is 9.47 Å². The number of amides is 1. The molecule has 1 N–H and O–H groups in total. The highest BCUT2D eigenvalue weighted by atomic mass is 16.3. The summed E-state index contributed by atoms with van der Waals surface area (Å²) in [4.78, 5) is 25.2. The molecule has 1 aliphatic rings. The Morgan fingerprint density at radius 2 is 2.35 bits per heavy atom. The van der Waals surface area contributed by atoms with Gasteiger partial charge in [0, 0.05) is 31.4 Å². The van der Waals surface area contributed by atoms with Gasteiger partial charge in [0.1, 0.15) is 0 Å². The van der Waals surface area contributed by atoms with E-state index in [1.165, 1.54) is 10.6 Å². The predicted molar refractivity (Wildman–Crippen MR) is 62.8 cm³/mol. The average molecular weight is 236 g/mol. The molecule has 1 aromatic heterocycles. The first-order chi connectivity index (χ1) is 8.13. The van der Waals surface area contributed by atoms with Crippen LogP contribution in [0, 0.1) is 0 Å². The minimum atomic E-state index is -0.199. The lowest BCUT2D eigenvalue weighted by Gasteiger charge is -2.22. The first-order valence-electron chi connectivity index (χ1n) is 5.72. The van der Waals surface area contributed by atoms with Gasteiger partial charge < -0.3 is 14.6 Å². The van der Waals surface area contributed by atoms with Gasteiger partial charge in [0.2, 0.25) is 0 Å². The number of rotatable bonds is 2. The van der Waals surface area contributed by atoms with E-state index in [4.69, 9.17) is 0 Å². The molecule has 5 nitrogen and oxygen atoms in total. The molecule has 0 radical (unpaired) electrons. The molecular formula is C12H16N2O3. The second kappa shape index (κ2) is 4.71. The van der Waals surface area contributed by atoms with Gasteiger partial charge in [-0.25, -0.2) is 0 Å². The molecule has 5 heteroatoms. The molecule has 0 spiro atoms. The van der Waals surface area contributed by atoms with Gasteiger partial charge in [0.05, 0.1) is 12.6 Å². The number of carbonyl (C=O) groups excluding carboxylic acids is 1. The van der Waals surface area contributed by atoms with Crippen LogP contribution < -0.4 is 5.56 Å². The Morgan fingerprint density at radius 1 is 1.59 bits per heavy atom. The Kier molecular flexibility index (Phi) is 3.28. The molecule has 1 aromatic rings. The van der Waals surface area contributed by atoms with Crippen LogP contribution in [0.15, 0.2) is 23.1 Å². The number of pyridine rings is 1. The Morgan fingerprint density at radius 3 is 3.00 bits per heavy atom. The van der Waals surface area contributed by atoms with E-state index in [1.807, 2.05) is 0 Å². The van der Waals surface area contributed by atoms with E-state index in [1.54, 1.807) is 24.2 Å². The maximum absolute atomic E-state index is 12.1. The standard InChI is InChI=1S/C12H16N2O3/c1-13-6-4-9(7-11(13)16)12(17)14-5-2-3-10(14)8-15/h4,6-7,10,15H,2-3,5,8H2,1H3. The predicted octanol–water partition coefficient (Wildman–Crippen LogP) is -0.0178. The number of carbonyl (C=O) groups is 1. The number of likely N-dealkylation sites (tertiary alicyclic amines) is 1. The van der Waals surface area contributed by atoms with E-state index in [0.717, 1.165) is 12.8 Å². The normalized spacial score (nSPS) is 19.6.